The number of nitrogens with one attached hydrogen (secondary N) is 2. The summed E-state index contributed by atoms with van der Waals surface area (Å²) in [5, 5.41) is 3.23. The Morgan fingerprint density at radius 1 is 1.35 bits per heavy atom. The van der Waals surface area contributed by atoms with Crippen molar-refractivity contribution in [1.82, 2.24) is 14.9 Å². The fraction of sp³-hybridized carbons (Fsp3) is 0.588. The van der Waals surface area contributed by atoms with Crippen LogP contribution in [0, 0.1) is 0 Å². The Morgan fingerprint density at radius 2 is 2.00 bits per heavy atom. The Balaban J connectivity index is 0.00000338. The van der Waals surface area contributed by atoms with Crippen molar-refractivity contribution in [1.29, 1.82) is 0 Å². The molecular formula is C17H28ClN3O4S. The average molecular weight is 406 g/mol. The first-order chi connectivity index (χ1) is 11.5. The number of hydrogen-bond acceptors (Lipinski definition) is 5. The number of methoxy groups -OCH3 is 1. The maximum atomic E-state index is 12.8. The zero-order valence-electron chi connectivity index (χ0n) is 15.8. The second-order valence-electron chi connectivity index (χ2n) is 7.27. The summed E-state index contributed by atoms with van der Waals surface area (Å²) in [5.41, 5.74) is -0.305. The Hall–Kier alpha value is -1.35. The molecule has 1 saturated heterocycles. The molecule has 2 N–H and O–H groups in total. The second-order valence-corrected chi connectivity index (χ2v) is 8.92. The summed E-state index contributed by atoms with van der Waals surface area (Å²) >= 11 is 0. The molecule has 0 spiro atoms. The lowest BCUT2D eigenvalue weighted by Crippen LogP contribution is -2.52. The first-order valence-electron chi connectivity index (χ1n) is 8.29. The normalized spacial score (nSPS) is 18.2. The number of halogens is 1. The third-order valence-electron chi connectivity index (χ3n) is 3.90. The SMILES string of the molecule is COc1ccc(C(=O)N2CCNC[C@H]2C)cc1S(=O)(=O)NC(C)(C)C.Cl. The highest BCUT2D eigenvalue weighted by atomic mass is 35.5. The van der Waals surface area contributed by atoms with Gasteiger partial charge in [-0.25, -0.2) is 13.1 Å². The molecule has 0 bridgehead atoms. The van der Waals surface area contributed by atoms with Gasteiger partial charge < -0.3 is 15.0 Å². The van der Waals surface area contributed by atoms with E-state index in [1.807, 2.05) is 6.92 Å². The van der Waals surface area contributed by atoms with Crippen LogP contribution in [0.1, 0.15) is 38.1 Å². The molecule has 1 amide bonds. The van der Waals surface area contributed by atoms with E-state index in [1.165, 1.54) is 19.2 Å². The molecule has 0 saturated carbocycles. The number of nitrogens with zero attached hydrogens (tertiary/aromatic N) is 1. The minimum absolute atomic E-state index is 0. The molecule has 7 nitrogen and oxygen atoms in total. The third-order valence-corrected chi connectivity index (χ3v) is 5.68. The van der Waals surface area contributed by atoms with Gasteiger partial charge >= 0.3 is 0 Å². The monoisotopic (exact) mass is 405 g/mol. The van der Waals surface area contributed by atoms with Gasteiger partial charge in [-0.2, -0.15) is 0 Å². The molecule has 1 heterocycles. The van der Waals surface area contributed by atoms with Crippen molar-refractivity contribution in [2.75, 3.05) is 26.7 Å². The molecule has 1 aromatic rings. The molecule has 1 aliphatic rings. The van der Waals surface area contributed by atoms with E-state index in [4.69, 9.17) is 4.74 Å². The van der Waals surface area contributed by atoms with Crippen LogP contribution in [0.25, 0.3) is 0 Å². The van der Waals surface area contributed by atoms with Gasteiger partial charge in [-0.3, -0.25) is 4.79 Å². The van der Waals surface area contributed by atoms with Gasteiger partial charge in [-0.1, -0.05) is 0 Å². The highest BCUT2D eigenvalue weighted by molar-refractivity contribution is 7.89. The molecule has 1 fully saturated rings. The molecule has 1 aromatic carbocycles. The quantitative estimate of drug-likeness (QED) is 0.794. The largest absolute Gasteiger partial charge is 0.495 e. The van der Waals surface area contributed by atoms with Crippen LogP contribution in [0.3, 0.4) is 0 Å². The second kappa shape index (κ2) is 8.56. The Bertz CT molecular complexity index is 747. The first kappa shape index (κ1) is 22.7. The Kier molecular flexibility index (Phi) is 7.47. The summed E-state index contributed by atoms with van der Waals surface area (Å²) in [6.45, 7) is 9.28. The molecule has 148 valence electrons. The Labute approximate surface area is 161 Å². The number of sulfonamides is 1. The molecule has 0 radical (unpaired) electrons. The molecule has 0 unspecified atom stereocenters. The number of carbonyl (C=O) groups is 1. The lowest BCUT2D eigenvalue weighted by atomic mass is 10.1. The minimum Gasteiger partial charge on any atom is -0.495 e. The number of rotatable bonds is 4. The van der Waals surface area contributed by atoms with Gasteiger partial charge in [0.25, 0.3) is 5.91 Å². The zero-order chi connectivity index (χ0) is 18.8. The summed E-state index contributed by atoms with van der Waals surface area (Å²) in [6, 6.07) is 4.57. The Morgan fingerprint density at radius 3 is 2.54 bits per heavy atom. The zero-order valence-corrected chi connectivity index (χ0v) is 17.5. The van der Waals surface area contributed by atoms with E-state index in [0.29, 0.717) is 12.1 Å². The predicted molar refractivity (Wildman–Crippen MR) is 104 cm³/mol. The van der Waals surface area contributed by atoms with E-state index in [0.717, 1.165) is 13.1 Å². The van der Waals surface area contributed by atoms with Crippen molar-refractivity contribution in [3.8, 4) is 5.75 Å². The summed E-state index contributed by atoms with van der Waals surface area (Å²) in [5.74, 6) is 0.0329. The maximum absolute atomic E-state index is 12.8. The maximum Gasteiger partial charge on any atom is 0.254 e. The van der Waals surface area contributed by atoms with Crippen molar-refractivity contribution < 1.29 is 17.9 Å². The highest BCUT2D eigenvalue weighted by Gasteiger charge is 2.29. The summed E-state index contributed by atoms with van der Waals surface area (Å²) in [4.78, 5) is 14.5. The van der Waals surface area contributed by atoms with E-state index >= 15 is 0 Å². The lowest BCUT2D eigenvalue weighted by Gasteiger charge is -2.34. The van der Waals surface area contributed by atoms with Gasteiger partial charge in [0.2, 0.25) is 10.0 Å². The molecule has 2 rings (SSSR count). The topological polar surface area (TPSA) is 87.7 Å². The average Bonchev–Trinajstić information content (AvgIpc) is 2.52. The van der Waals surface area contributed by atoms with Crippen LogP contribution in [-0.4, -0.2) is 57.5 Å². The van der Waals surface area contributed by atoms with Crippen molar-refractivity contribution in [3.63, 3.8) is 0 Å². The predicted octanol–water partition coefficient (Wildman–Crippen LogP) is 1.63. The van der Waals surface area contributed by atoms with Gasteiger partial charge in [0, 0.05) is 36.8 Å². The minimum atomic E-state index is -3.82. The fourth-order valence-electron chi connectivity index (χ4n) is 2.79. The standard InChI is InChI=1S/C17H27N3O4S.ClH/c1-12-11-18-8-9-20(12)16(21)13-6-7-14(24-5)15(10-13)25(22,23)19-17(2,3)4;/h6-7,10,12,18-19H,8-9,11H2,1-5H3;1H/t12-;/m1./s1. The number of piperazine rings is 1. The third kappa shape index (κ3) is 5.33. The lowest BCUT2D eigenvalue weighted by molar-refractivity contribution is 0.0655. The summed E-state index contributed by atoms with van der Waals surface area (Å²) in [6.07, 6.45) is 0. The number of amides is 1. The van der Waals surface area contributed by atoms with Gasteiger partial charge in [-0.15, -0.1) is 12.4 Å². The van der Waals surface area contributed by atoms with E-state index in [-0.39, 0.29) is 35.0 Å². The first-order valence-corrected chi connectivity index (χ1v) is 9.77. The van der Waals surface area contributed by atoms with Crippen LogP contribution in [-0.2, 0) is 10.0 Å². The van der Waals surface area contributed by atoms with Crippen LogP contribution in [0.15, 0.2) is 23.1 Å². The fourth-order valence-corrected chi connectivity index (χ4v) is 4.40. The molecule has 0 aromatic heterocycles. The molecule has 26 heavy (non-hydrogen) atoms. The van der Waals surface area contributed by atoms with E-state index in [1.54, 1.807) is 31.7 Å². The molecule has 1 aliphatic heterocycles. The van der Waals surface area contributed by atoms with Crippen molar-refractivity contribution in [2.24, 2.45) is 0 Å². The van der Waals surface area contributed by atoms with Crippen LogP contribution < -0.4 is 14.8 Å². The number of carbonyl (C=O) groups excluding carboxylic acids is 1. The smallest absolute Gasteiger partial charge is 0.254 e. The van der Waals surface area contributed by atoms with E-state index in [9.17, 15) is 13.2 Å². The molecule has 1 atom stereocenters. The number of benzene rings is 1. The molecule has 9 heteroatoms. The van der Waals surface area contributed by atoms with Crippen molar-refractivity contribution in [2.45, 2.75) is 44.2 Å². The number of hydrogen-bond donors (Lipinski definition) is 2. The van der Waals surface area contributed by atoms with Gasteiger partial charge in [0.1, 0.15) is 10.6 Å². The van der Waals surface area contributed by atoms with Crippen molar-refractivity contribution >= 4 is 28.3 Å². The van der Waals surface area contributed by atoms with E-state index in [2.05, 4.69) is 10.0 Å². The van der Waals surface area contributed by atoms with Gasteiger partial charge in [0.05, 0.1) is 7.11 Å². The van der Waals surface area contributed by atoms with Crippen molar-refractivity contribution in [3.05, 3.63) is 23.8 Å². The highest BCUT2D eigenvalue weighted by Crippen LogP contribution is 2.27. The van der Waals surface area contributed by atoms with Crippen LogP contribution in [0.2, 0.25) is 0 Å². The van der Waals surface area contributed by atoms with Crippen LogP contribution >= 0.6 is 12.4 Å². The van der Waals surface area contributed by atoms with Gasteiger partial charge in [-0.05, 0) is 45.9 Å². The summed E-state index contributed by atoms with van der Waals surface area (Å²) in [7, 11) is -2.41. The van der Waals surface area contributed by atoms with Crippen LogP contribution in [0.5, 0.6) is 5.75 Å². The van der Waals surface area contributed by atoms with Crippen LogP contribution in [0.4, 0.5) is 0 Å². The molecule has 0 aliphatic carbocycles. The number of ether oxygens (including phenoxy) is 1. The molecular weight excluding hydrogens is 378 g/mol. The van der Waals surface area contributed by atoms with Gasteiger partial charge in [0.15, 0.2) is 0 Å². The van der Waals surface area contributed by atoms with E-state index < -0.39 is 15.6 Å². The summed E-state index contributed by atoms with van der Waals surface area (Å²) < 4.78 is 33.2.